The molecule has 1 aromatic carbocycles. The summed E-state index contributed by atoms with van der Waals surface area (Å²) in [5, 5.41) is 7.79. The van der Waals surface area contributed by atoms with Crippen LogP contribution in [0, 0.1) is 20.8 Å². The maximum Gasteiger partial charge on any atom is 0.314 e. The van der Waals surface area contributed by atoms with E-state index >= 15 is 0 Å². The van der Waals surface area contributed by atoms with Crippen molar-refractivity contribution in [2.24, 2.45) is 0 Å². The van der Waals surface area contributed by atoms with Crippen LogP contribution in [0.15, 0.2) is 20.1 Å². The molecule has 0 aliphatic heterocycles. The van der Waals surface area contributed by atoms with Crippen molar-refractivity contribution >= 4 is 11.0 Å². The van der Waals surface area contributed by atoms with E-state index in [1.54, 1.807) is 13.0 Å². The van der Waals surface area contributed by atoms with Crippen molar-refractivity contribution in [1.29, 1.82) is 0 Å². The molecule has 0 unspecified atom stereocenters. The van der Waals surface area contributed by atoms with E-state index in [1.807, 2.05) is 13.8 Å². The van der Waals surface area contributed by atoms with Crippen LogP contribution < -0.4 is 11.1 Å². The monoisotopic (exact) mass is 272 g/mol. The molecule has 2 heterocycles. The SMILES string of the molecule is Cc1nnc(-c2c(C)c(C)cc3[nH]c(=O)c(=O)[nH]c23)o1. The van der Waals surface area contributed by atoms with Gasteiger partial charge in [-0.3, -0.25) is 9.59 Å². The summed E-state index contributed by atoms with van der Waals surface area (Å²) in [7, 11) is 0. The number of aryl methyl sites for hydroxylation is 2. The standard InChI is InChI=1S/C13H12N4O3/c1-5-4-8-10(15-12(19)11(18)14-8)9(6(5)2)13-17-16-7(3)20-13/h4H,1-3H3,(H,14,18)(H,15,19). The molecule has 20 heavy (non-hydrogen) atoms. The van der Waals surface area contributed by atoms with E-state index in [0.717, 1.165) is 11.1 Å². The molecule has 7 heteroatoms. The predicted molar refractivity (Wildman–Crippen MR) is 72.7 cm³/mol. The third-order valence-corrected chi connectivity index (χ3v) is 3.28. The average molecular weight is 272 g/mol. The Morgan fingerprint density at radius 1 is 1.05 bits per heavy atom. The van der Waals surface area contributed by atoms with Gasteiger partial charge in [-0.2, -0.15) is 0 Å². The number of H-pyrrole nitrogens is 2. The van der Waals surface area contributed by atoms with Crippen molar-refractivity contribution in [3.05, 3.63) is 43.8 Å². The van der Waals surface area contributed by atoms with Crippen LogP contribution in [0.25, 0.3) is 22.5 Å². The lowest BCUT2D eigenvalue weighted by Gasteiger charge is -2.09. The Labute approximate surface area is 112 Å². The summed E-state index contributed by atoms with van der Waals surface area (Å²) >= 11 is 0. The molecule has 0 amide bonds. The van der Waals surface area contributed by atoms with Crippen molar-refractivity contribution in [2.45, 2.75) is 20.8 Å². The zero-order valence-electron chi connectivity index (χ0n) is 11.2. The van der Waals surface area contributed by atoms with Crippen LogP contribution in [0.2, 0.25) is 0 Å². The zero-order valence-corrected chi connectivity index (χ0v) is 11.2. The van der Waals surface area contributed by atoms with Crippen LogP contribution in [-0.4, -0.2) is 20.2 Å². The molecule has 0 aliphatic rings. The molecule has 2 aromatic heterocycles. The number of aromatic amines is 2. The summed E-state index contributed by atoms with van der Waals surface area (Å²) < 4.78 is 5.45. The lowest BCUT2D eigenvalue weighted by atomic mass is 10.0. The highest BCUT2D eigenvalue weighted by Gasteiger charge is 2.17. The first-order valence-electron chi connectivity index (χ1n) is 6.04. The molecule has 0 saturated carbocycles. The van der Waals surface area contributed by atoms with Crippen molar-refractivity contribution in [2.75, 3.05) is 0 Å². The molecular formula is C13H12N4O3. The predicted octanol–water partition coefficient (Wildman–Crippen LogP) is 1.19. The Bertz CT molecular complexity index is 933. The molecule has 0 spiro atoms. The molecule has 2 N–H and O–H groups in total. The van der Waals surface area contributed by atoms with Crippen LogP contribution in [0.4, 0.5) is 0 Å². The normalized spacial score (nSPS) is 11.2. The molecule has 0 fully saturated rings. The number of aromatic nitrogens is 4. The number of nitrogens with one attached hydrogen (secondary N) is 2. The summed E-state index contributed by atoms with van der Waals surface area (Å²) in [6, 6.07) is 1.80. The molecule has 3 aromatic rings. The number of hydrogen-bond donors (Lipinski definition) is 2. The molecule has 0 atom stereocenters. The molecular weight excluding hydrogens is 260 g/mol. The van der Waals surface area contributed by atoms with Gasteiger partial charge in [0.15, 0.2) is 0 Å². The number of fused-ring (bicyclic) bond motifs is 1. The first-order chi connectivity index (χ1) is 9.47. The Hall–Kier alpha value is -2.70. The Morgan fingerprint density at radius 3 is 2.40 bits per heavy atom. The zero-order chi connectivity index (χ0) is 14.4. The van der Waals surface area contributed by atoms with E-state index < -0.39 is 11.1 Å². The Kier molecular flexibility index (Phi) is 2.56. The average Bonchev–Trinajstić information content (AvgIpc) is 2.80. The van der Waals surface area contributed by atoms with Gasteiger partial charge in [0.25, 0.3) is 0 Å². The highest BCUT2D eigenvalue weighted by Crippen LogP contribution is 2.30. The smallest absolute Gasteiger partial charge is 0.314 e. The van der Waals surface area contributed by atoms with Gasteiger partial charge in [0.1, 0.15) is 0 Å². The van der Waals surface area contributed by atoms with Gasteiger partial charge < -0.3 is 14.4 Å². The molecule has 0 aliphatic carbocycles. The van der Waals surface area contributed by atoms with Gasteiger partial charge in [0, 0.05) is 6.92 Å². The van der Waals surface area contributed by atoms with Crippen molar-refractivity contribution in [3.8, 4) is 11.5 Å². The first-order valence-corrected chi connectivity index (χ1v) is 6.04. The molecule has 7 nitrogen and oxygen atoms in total. The number of rotatable bonds is 1. The third kappa shape index (κ3) is 1.75. The van der Waals surface area contributed by atoms with Crippen LogP contribution in [0.1, 0.15) is 17.0 Å². The minimum absolute atomic E-state index is 0.316. The third-order valence-electron chi connectivity index (χ3n) is 3.28. The van der Waals surface area contributed by atoms with Gasteiger partial charge in [-0.1, -0.05) is 0 Å². The van der Waals surface area contributed by atoms with E-state index in [-0.39, 0.29) is 0 Å². The van der Waals surface area contributed by atoms with E-state index in [1.165, 1.54) is 0 Å². The van der Waals surface area contributed by atoms with Crippen LogP contribution in [0.3, 0.4) is 0 Å². The van der Waals surface area contributed by atoms with Gasteiger partial charge >= 0.3 is 11.1 Å². The quantitative estimate of drug-likeness (QED) is 0.647. The van der Waals surface area contributed by atoms with Crippen LogP contribution in [-0.2, 0) is 0 Å². The van der Waals surface area contributed by atoms with Gasteiger partial charge in [0.05, 0.1) is 16.6 Å². The minimum Gasteiger partial charge on any atom is -0.421 e. The minimum atomic E-state index is -0.710. The molecule has 0 radical (unpaired) electrons. The van der Waals surface area contributed by atoms with Crippen molar-refractivity contribution in [3.63, 3.8) is 0 Å². The highest BCUT2D eigenvalue weighted by atomic mass is 16.4. The van der Waals surface area contributed by atoms with Gasteiger partial charge in [-0.15, -0.1) is 10.2 Å². The summed E-state index contributed by atoms with van der Waals surface area (Å²) in [6.45, 7) is 5.49. The van der Waals surface area contributed by atoms with E-state index in [9.17, 15) is 9.59 Å². The molecule has 102 valence electrons. The summed E-state index contributed by atoms with van der Waals surface area (Å²) in [4.78, 5) is 28.1. The van der Waals surface area contributed by atoms with Crippen molar-refractivity contribution < 1.29 is 4.42 Å². The maximum atomic E-state index is 11.6. The molecule has 3 rings (SSSR count). The summed E-state index contributed by atoms with van der Waals surface area (Å²) in [5.74, 6) is 0.747. The second kappa shape index (κ2) is 4.16. The van der Waals surface area contributed by atoms with Gasteiger partial charge in [-0.25, -0.2) is 0 Å². The second-order valence-corrected chi connectivity index (χ2v) is 4.65. The van der Waals surface area contributed by atoms with Crippen molar-refractivity contribution in [1.82, 2.24) is 20.2 Å². The fourth-order valence-corrected chi connectivity index (χ4v) is 2.16. The highest BCUT2D eigenvalue weighted by molar-refractivity contribution is 5.91. The number of hydrogen-bond acceptors (Lipinski definition) is 5. The van der Waals surface area contributed by atoms with Crippen LogP contribution in [0.5, 0.6) is 0 Å². The topological polar surface area (TPSA) is 105 Å². The van der Waals surface area contributed by atoms with Crippen LogP contribution >= 0.6 is 0 Å². The fraction of sp³-hybridized carbons (Fsp3) is 0.231. The van der Waals surface area contributed by atoms with Gasteiger partial charge in [-0.05, 0) is 31.0 Å². The Morgan fingerprint density at radius 2 is 1.75 bits per heavy atom. The van der Waals surface area contributed by atoms with Gasteiger partial charge in [0.2, 0.25) is 11.8 Å². The maximum absolute atomic E-state index is 11.6. The van der Waals surface area contributed by atoms with E-state index in [4.69, 9.17) is 4.42 Å². The largest absolute Gasteiger partial charge is 0.421 e. The molecule has 0 bridgehead atoms. The number of nitrogens with zero attached hydrogens (tertiary/aromatic N) is 2. The first kappa shape index (κ1) is 12.3. The molecule has 0 saturated heterocycles. The lowest BCUT2D eigenvalue weighted by molar-refractivity contribution is 0.533. The summed E-state index contributed by atoms with van der Waals surface area (Å²) in [6.07, 6.45) is 0. The second-order valence-electron chi connectivity index (χ2n) is 4.65. The fourth-order valence-electron chi connectivity index (χ4n) is 2.16. The lowest BCUT2D eigenvalue weighted by Crippen LogP contribution is -2.29. The van der Waals surface area contributed by atoms with E-state index in [2.05, 4.69) is 20.2 Å². The summed E-state index contributed by atoms with van der Waals surface area (Å²) in [5.41, 5.74) is 2.11. The van der Waals surface area contributed by atoms with E-state index in [0.29, 0.717) is 28.4 Å². The number of benzene rings is 1. The Balaban J connectivity index is 2.51.